The quantitative estimate of drug-likeness (QED) is 0.688. The van der Waals surface area contributed by atoms with Crippen LogP contribution in [0.4, 0.5) is 0 Å². The lowest BCUT2D eigenvalue weighted by atomic mass is 9.90. The Morgan fingerprint density at radius 3 is 2.67 bits per heavy atom. The fraction of sp³-hybridized carbons (Fsp3) is 0.421. The van der Waals surface area contributed by atoms with Gasteiger partial charge in [-0.25, -0.2) is 9.67 Å². The Kier molecular flexibility index (Phi) is 4.70. The van der Waals surface area contributed by atoms with E-state index in [1.54, 1.807) is 7.05 Å². The van der Waals surface area contributed by atoms with E-state index >= 15 is 0 Å². The van der Waals surface area contributed by atoms with E-state index in [0.29, 0.717) is 11.6 Å². The van der Waals surface area contributed by atoms with Gasteiger partial charge in [0.15, 0.2) is 11.2 Å². The first-order valence-electron chi connectivity index (χ1n) is 9.18. The summed E-state index contributed by atoms with van der Waals surface area (Å²) < 4.78 is 2.76. The third-order valence-electron chi connectivity index (χ3n) is 5.22. The molecule has 0 saturated carbocycles. The van der Waals surface area contributed by atoms with Crippen LogP contribution in [0.15, 0.2) is 41.5 Å². The van der Waals surface area contributed by atoms with Crippen molar-refractivity contribution >= 4 is 17.1 Å². The molecule has 1 aliphatic rings. The molecule has 1 saturated heterocycles. The van der Waals surface area contributed by atoms with Gasteiger partial charge in [0, 0.05) is 20.1 Å². The number of hydrogen-bond acceptors (Lipinski definition) is 5. The number of amides is 1. The van der Waals surface area contributed by atoms with Crippen molar-refractivity contribution < 1.29 is 4.79 Å². The zero-order valence-electron chi connectivity index (χ0n) is 15.3. The maximum absolute atomic E-state index is 12.6. The number of rotatable bonds is 4. The second-order valence-electron chi connectivity index (χ2n) is 7.08. The van der Waals surface area contributed by atoms with Crippen molar-refractivity contribution in [2.75, 3.05) is 13.1 Å². The first-order valence-corrected chi connectivity index (χ1v) is 9.18. The monoisotopic (exact) mass is 366 g/mol. The standard InChI is InChI=1S/C19H22N6O2/c1-23-18-17(21-22-23)19(27)25(13-20-18)12-16(26)24-9-7-15(8-10-24)11-14-5-3-2-4-6-14/h2-6,13,15H,7-12H2,1H3. The molecule has 0 radical (unpaired) electrons. The van der Waals surface area contributed by atoms with Crippen LogP contribution in [0, 0.1) is 5.92 Å². The third-order valence-corrected chi connectivity index (χ3v) is 5.22. The van der Waals surface area contributed by atoms with Crippen molar-refractivity contribution in [2.45, 2.75) is 25.8 Å². The predicted octanol–water partition coefficient (Wildman–Crippen LogP) is 1.01. The minimum atomic E-state index is -0.333. The smallest absolute Gasteiger partial charge is 0.283 e. The fourth-order valence-electron chi connectivity index (χ4n) is 3.64. The van der Waals surface area contributed by atoms with E-state index in [9.17, 15) is 9.59 Å². The van der Waals surface area contributed by atoms with Gasteiger partial charge in [0.2, 0.25) is 5.91 Å². The lowest BCUT2D eigenvalue weighted by Gasteiger charge is -2.32. The van der Waals surface area contributed by atoms with Crippen LogP contribution in [0.2, 0.25) is 0 Å². The molecular weight excluding hydrogens is 344 g/mol. The number of nitrogens with zero attached hydrogens (tertiary/aromatic N) is 6. The number of likely N-dealkylation sites (tertiary alicyclic amines) is 1. The fourth-order valence-corrected chi connectivity index (χ4v) is 3.64. The molecule has 0 atom stereocenters. The Morgan fingerprint density at radius 1 is 1.19 bits per heavy atom. The van der Waals surface area contributed by atoms with Crippen LogP contribution < -0.4 is 5.56 Å². The second kappa shape index (κ2) is 7.30. The van der Waals surface area contributed by atoms with E-state index in [-0.39, 0.29) is 23.5 Å². The Hall–Kier alpha value is -3.03. The molecule has 4 rings (SSSR count). The molecule has 0 N–H and O–H groups in total. The van der Waals surface area contributed by atoms with Gasteiger partial charge in [0.05, 0.1) is 0 Å². The van der Waals surface area contributed by atoms with Gasteiger partial charge in [-0.1, -0.05) is 35.5 Å². The molecule has 8 heteroatoms. The molecule has 8 nitrogen and oxygen atoms in total. The molecule has 0 aliphatic carbocycles. The van der Waals surface area contributed by atoms with Crippen LogP contribution in [0.25, 0.3) is 11.2 Å². The maximum Gasteiger partial charge on any atom is 0.283 e. The molecule has 1 amide bonds. The molecule has 1 fully saturated rings. The Morgan fingerprint density at radius 2 is 1.93 bits per heavy atom. The Balaban J connectivity index is 1.37. The lowest BCUT2D eigenvalue weighted by Crippen LogP contribution is -2.42. The highest BCUT2D eigenvalue weighted by Gasteiger charge is 2.23. The average Bonchev–Trinajstić information content (AvgIpc) is 3.07. The summed E-state index contributed by atoms with van der Waals surface area (Å²) in [6.45, 7) is 1.44. The zero-order valence-corrected chi connectivity index (χ0v) is 15.3. The summed E-state index contributed by atoms with van der Waals surface area (Å²) in [5.74, 6) is 0.539. The highest BCUT2D eigenvalue weighted by Crippen LogP contribution is 2.21. The summed E-state index contributed by atoms with van der Waals surface area (Å²) in [6.07, 6.45) is 4.41. The van der Waals surface area contributed by atoms with Gasteiger partial charge in [0.25, 0.3) is 5.56 Å². The van der Waals surface area contributed by atoms with Crippen molar-refractivity contribution in [3.8, 4) is 0 Å². The summed E-state index contributed by atoms with van der Waals surface area (Å²) in [6, 6.07) is 10.5. The molecule has 3 heterocycles. The summed E-state index contributed by atoms with van der Waals surface area (Å²) in [4.78, 5) is 31.1. The second-order valence-corrected chi connectivity index (χ2v) is 7.08. The number of aryl methyl sites for hydroxylation is 1. The summed E-state index contributed by atoms with van der Waals surface area (Å²) in [7, 11) is 1.68. The molecule has 0 spiro atoms. The minimum absolute atomic E-state index is 0.0122. The van der Waals surface area contributed by atoms with Gasteiger partial charge in [-0.05, 0) is 30.7 Å². The van der Waals surface area contributed by atoms with E-state index in [1.165, 1.54) is 21.1 Å². The molecule has 27 heavy (non-hydrogen) atoms. The molecule has 2 aromatic heterocycles. The van der Waals surface area contributed by atoms with E-state index < -0.39 is 0 Å². The van der Waals surface area contributed by atoms with Crippen LogP contribution >= 0.6 is 0 Å². The molecule has 3 aromatic rings. The normalized spacial score (nSPS) is 15.4. The van der Waals surface area contributed by atoms with E-state index in [4.69, 9.17) is 0 Å². The van der Waals surface area contributed by atoms with Gasteiger partial charge in [0.1, 0.15) is 12.9 Å². The number of hydrogen-bond donors (Lipinski definition) is 0. The van der Waals surface area contributed by atoms with E-state index in [0.717, 1.165) is 32.4 Å². The largest absolute Gasteiger partial charge is 0.341 e. The third kappa shape index (κ3) is 3.60. The summed E-state index contributed by atoms with van der Waals surface area (Å²) in [5, 5.41) is 7.65. The SMILES string of the molecule is Cn1nnc2c(=O)n(CC(=O)N3CCC(Cc4ccccc4)CC3)cnc21. The molecule has 1 aliphatic heterocycles. The average molecular weight is 366 g/mol. The van der Waals surface area contributed by atoms with Gasteiger partial charge in [-0.2, -0.15) is 0 Å². The van der Waals surface area contributed by atoms with Gasteiger partial charge >= 0.3 is 0 Å². The number of benzene rings is 1. The maximum atomic E-state index is 12.6. The van der Waals surface area contributed by atoms with Crippen molar-refractivity contribution in [1.29, 1.82) is 0 Å². The minimum Gasteiger partial charge on any atom is -0.341 e. The lowest BCUT2D eigenvalue weighted by molar-refractivity contribution is -0.133. The molecule has 0 unspecified atom stereocenters. The Labute approximate surface area is 156 Å². The first kappa shape index (κ1) is 17.4. The van der Waals surface area contributed by atoms with Gasteiger partial charge in [-0.15, -0.1) is 5.10 Å². The zero-order chi connectivity index (χ0) is 18.8. The topological polar surface area (TPSA) is 85.9 Å². The van der Waals surface area contributed by atoms with E-state index in [2.05, 4.69) is 39.6 Å². The number of carbonyl (C=O) groups excluding carboxylic acids is 1. The molecule has 140 valence electrons. The highest BCUT2D eigenvalue weighted by molar-refractivity contribution is 5.76. The number of carbonyl (C=O) groups is 1. The van der Waals surface area contributed by atoms with Crippen LogP contribution in [-0.2, 0) is 24.8 Å². The Bertz CT molecular complexity index is 1000. The van der Waals surface area contributed by atoms with Crippen molar-refractivity contribution in [2.24, 2.45) is 13.0 Å². The number of aromatic nitrogens is 5. The van der Waals surface area contributed by atoms with Crippen LogP contribution in [0.3, 0.4) is 0 Å². The van der Waals surface area contributed by atoms with Crippen LogP contribution in [0.5, 0.6) is 0 Å². The van der Waals surface area contributed by atoms with Crippen LogP contribution in [-0.4, -0.2) is 48.4 Å². The highest BCUT2D eigenvalue weighted by atomic mass is 16.2. The van der Waals surface area contributed by atoms with Gasteiger partial charge < -0.3 is 4.90 Å². The van der Waals surface area contributed by atoms with Crippen LogP contribution in [0.1, 0.15) is 18.4 Å². The predicted molar refractivity (Wildman–Crippen MR) is 100 cm³/mol. The van der Waals surface area contributed by atoms with Gasteiger partial charge in [-0.3, -0.25) is 14.2 Å². The number of fused-ring (bicyclic) bond motifs is 1. The first-order chi connectivity index (χ1) is 13.1. The van der Waals surface area contributed by atoms with Crippen molar-refractivity contribution in [3.63, 3.8) is 0 Å². The summed E-state index contributed by atoms with van der Waals surface area (Å²) in [5.41, 5.74) is 1.62. The molecule has 1 aromatic carbocycles. The molecule has 0 bridgehead atoms. The number of piperidine rings is 1. The van der Waals surface area contributed by atoms with Crippen molar-refractivity contribution in [1.82, 2.24) is 29.4 Å². The summed E-state index contributed by atoms with van der Waals surface area (Å²) >= 11 is 0. The molecular formula is C19H22N6O2. The van der Waals surface area contributed by atoms with E-state index in [1.807, 2.05) is 11.0 Å². The van der Waals surface area contributed by atoms with Crippen molar-refractivity contribution in [3.05, 3.63) is 52.6 Å².